The van der Waals surface area contributed by atoms with Crippen molar-refractivity contribution in [2.75, 3.05) is 5.73 Å². The van der Waals surface area contributed by atoms with Crippen molar-refractivity contribution in [3.8, 4) is 0 Å². The molecule has 0 aliphatic heterocycles. The first kappa shape index (κ1) is 14.1. The Bertz CT molecular complexity index is 478. The summed E-state index contributed by atoms with van der Waals surface area (Å²) in [5.41, 5.74) is 6.44. The fourth-order valence-corrected chi connectivity index (χ4v) is 2.84. The number of hydrogen-bond acceptors (Lipinski definition) is 3. The monoisotopic (exact) mass is 281 g/mol. The zero-order chi connectivity index (χ0) is 14.0. The molecule has 1 heterocycles. The average molecular weight is 282 g/mol. The van der Waals surface area contributed by atoms with Crippen LogP contribution < -0.4 is 11.1 Å². The van der Waals surface area contributed by atoms with Gasteiger partial charge in [0.05, 0.1) is 17.4 Å². The Morgan fingerprint density at radius 2 is 2.21 bits per heavy atom. The van der Waals surface area contributed by atoms with Crippen LogP contribution in [0.1, 0.15) is 43.5 Å². The van der Waals surface area contributed by atoms with Gasteiger partial charge in [0.15, 0.2) is 0 Å². The van der Waals surface area contributed by atoms with Crippen molar-refractivity contribution in [3.63, 3.8) is 0 Å². The van der Waals surface area contributed by atoms with Gasteiger partial charge in [-0.15, -0.1) is 0 Å². The van der Waals surface area contributed by atoms with E-state index >= 15 is 0 Å². The summed E-state index contributed by atoms with van der Waals surface area (Å²) in [6, 6.07) is 1.77. The van der Waals surface area contributed by atoms with E-state index in [0.717, 1.165) is 12.8 Å². The summed E-state index contributed by atoms with van der Waals surface area (Å²) in [4.78, 5) is 16.2. The highest BCUT2D eigenvalue weighted by molar-refractivity contribution is 6.32. The third-order valence-electron chi connectivity index (χ3n) is 4.13. The number of nitrogens with two attached hydrogens (primary N) is 1. The lowest BCUT2D eigenvalue weighted by Gasteiger charge is -2.34. The first-order valence-corrected chi connectivity index (χ1v) is 7.08. The minimum atomic E-state index is -0.184. The topological polar surface area (TPSA) is 68.0 Å². The van der Waals surface area contributed by atoms with Crippen molar-refractivity contribution < 1.29 is 4.79 Å². The second-order valence-corrected chi connectivity index (χ2v) is 5.81. The Morgan fingerprint density at radius 3 is 2.95 bits per heavy atom. The number of nitrogens with zero attached hydrogens (tertiary/aromatic N) is 1. The lowest BCUT2D eigenvalue weighted by atomic mass is 9.78. The first-order chi connectivity index (χ1) is 8.99. The minimum absolute atomic E-state index is 0.184. The molecule has 0 saturated heterocycles. The van der Waals surface area contributed by atoms with Gasteiger partial charge in [-0.2, -0.15) is 0 Å². The molecule has 1 aromatic heterocycles. The summed E-state index contributed by atoms with van der Waals surface area (Å²) in [6.45, 7) is 4.42. The minimum Gasteiger partial charge on any atom is -0.397 e. The number of hydrogen-bond donors (Lipinski definition) is 2. The maximum absolute atomic E-state index is 12.2. The smallest absolute Gasteiger partial charge is 0.254 e. The first-order valence-electron chi connectivity index (χ1n) is 6.71. The molecule has 0 aromatic carbocycles. The van der Waals surface area contributed by atoms with Crippen molar-refractivity contribution in [2.24, 2.45) is 11.8 Å². The maximum atomic E-state index is 12.2. The van der Waals surface area contributed by atoms with Crippen LogP contribution in [0.25, 0.3) is 0 Å². The van der Waals surface area contributed by atoms with E-state index < -0.39 is 0 Å². The quantitative estimate of drug-likeness (QED) is 0.819. The molecule has 1 aliphatic rings. The number of pyridine rings is 1. The summed E-state index contributed by atoms with van der Waals surface area (Å²) in [7, 11) is 0. The molecule has 104 valence electrons. The number of nitrogen functional groups attached to an aromatic ring is 1. The van der Waals surface area contributed by atoms with Gasteiger partial charge < -0.3 is 11.1 Å². The summed E-state index contributed by atoms with van der Waals surface area (Å²) < 4.78 is 0. The van der Waals surface area contributed by atoms with Crippen LogP contribution in [0, 0.1) is 11.8 Å². The van der Waals surface area contributed by atoms with Crippen LogP contribution in [-0.2, 0) is 0 Å². The van der Waals surface area contributed by atoms with Gasteiger partial charge in [-0.25, -0.2) is 4.98 Å². The van der Waals surface area contributed by atoms with Crippen LogP contribution in [0.15, 0.2) is 12.3 Å². The summed E-state index contributed by atoms with van der Waals surface area (Å²) >= 11 is 5.95. The van der Waals surface area contributed by atoms with Crippen molar-refractivity contribution in [1.82, 2.24) is 10.3 Å². The molecule has 19 heavy (non-hydrogen) atoms. The number of carbonyl (C=O) groups is 1. The second-order valence-electron chi connectivity index (χ2n) is 5.45. The van der Waals surface area contributed by atoms with Gasteiger partial charge in [-0.3, -0.25) is 4.79 Å². The molecule has 1 saturated carbocycles. The van der Waals surface area contributed by atoms with E-state index in [1.54, 1.807) is 6.07 Å². The predicted octanol–water partition coefficient (Wildman–Crippen LogP) is 2.87. The third kappa shape index (κ3) is 3.18. The lowest BCUT2D eigenvalue weighted by Crippen LogP contribution is -2.43. The fraction of sp³-hybridized carbons (Fsp3) is 0.571. The average Bonchev–Trinajstić information content (AvgIpc) is 2.38. The molecular weight excluding hydrogens is 262 g/mol. The van der Waals surface area contributed by atoms with Gasteiger partial charge in [0.25, 0.3) is 5.91 Å². The van der Waals surface area contributed by atoms with Gasteiger partial charge in [-0.1, -0.05) is 38.3 Å². The van der Waals surface area contributed by atoms with Crippen LogP contribution in [0.5, 0.6) is 0 Å². The van der Waals surface area contributed by atoms with E-state index in [1.807, 2.05) is 0 Å². The number of halogens is 1. The van der Waals surface area contributed by atoms with E-state index in [9.17, 15) is 4.79 Å². The van der Waals surface area contributed by atoms with E-state index in [-0.39, 0.29) is 17.1 Å². The van der Waals surface area contributed by atoms with Gasteiger partial charge in [0.2, 0.25) is 0 Å². The molecule has 1 aliphatic carbocycles. The van der Waals surface area contributed by atoms with E-state index in [1.165, 1.54) is 12.6 Å². The second kappa shape index (κ2) is 5.78. The van der Waals surface area contributed by atoms with E-state index in [0.29, 0.717) is 23.1 Å². The Balaban J connectivity index is 2.10. The number of carbonyl (C=O) groups excluding carboxylic acids is 1. The summed E-state index contributed by atoms with van der Waals surface area (Å²) in [5.74, 6) is 0.926. The van der Waals surface area contributed by atoms with E-state index in [4.69, 9.17) is 17.3 Å². The van der Waals surface area contributed by atoms with Crippen LogP contribution in [0.2, 0.25) is 5.15 Å². The molecule has 3 N–H and O–H groups in total. The molecule has 0 radical (unpaired) electrons. The van der Waals surface area contributed by atoms with E-state index in [2.05, 4.69) is 24.1 Å². The van der Waals surface area contributed by atoms with Gasteiger partial charge in [0.1, 0.15) is 5.15 Å². The van der Waals surface area contributed by atoms with Crippen molar-refractivity contribution >= 4 is 23.2 Å². The standard InChI is InChI=1S/C14H20ClN3O/c1-8-4-3-5-12(9(8)2)18-14(19)11-6-10(16)7-17-13(11)15/h6-9,12H,3-5,16H2,1-2H3,(H,18,19). The molecule has 0 bridgehead atoms. The number of amides is 1. The molecule has 4 nitrogen and oxygen atoms in total. The fourth-order valence-electron chi connectivity index (χ4n) is 2.66. The van der Waals surface area contributed by atoms with Crippen LogP contribution in [-0.4, -0.2) is 16.9 Å². The highest BCUT2D eigenvalue weighted by Gasteiger charge is 2.28. The number of rotatable bonds is 2. The molecule has 1 aromatic rings. The Labute approximate surface area is 118 Å². The zero-order valence-corrected chi connectivity index (χ0v) is 12.1. The molecule has 0 spiro atoms. The summed E-state index contributed by atoms with van der Waals surface area (Å²) in [6.07, 6.45) is 4.85. The normalized spacial score (nSPS) is 27.0. The molecular formula is C14H20ClN3O. The lowest BCUT2D eigenvalue weighted by molar-refractivity contribution is 0.0891. The number of aromatic nitrogens is 1. The van der Waals surface area contributed by atoms with Crippen LogP contribution in [0.3, 0.4) is 0 Å². The molecule has 2 rings (SSSR count). The largest absolute Gasteiger partial charge is 0.397 e. The Morgan fingerprint density at radius 1 is 1.47 bits per heavy atom. The SMILES string of the molecule is CC1CCCC(NC(=O)c2cc(N)cnc2Cl)C1C. The zero-order valence-electron chi connectivity index (χ0n) is 11.3. The van der Waals surface area contributed by atoms with Crippen molar-refractivity contribution in [2.45, 2.75) is 39.2 Å². The number of nitrogens with one attached hydrogen (secondary N) is 1. The van der Waals surface area contributed by atoms with Crippen molar-refractivity contribution in [1.29, 1.82) is 0 Å². The van der Waals surface area contributed by atoms with Crippen molar-refractivity contribution in [3.05, 3.63) is 23.0 Å². The molecule has 3 unspecified atom stereocenters. The maximum Gasteiger partial charge on any atom is 0.254 e. The molecule has 1 fully saturated rings. The predicted molar refractivity (Wildman–Crippen MR) is 77.1 cm³/mol. The van der Waals surface area contributed by atoms with Crippen LogP contribution in [0.4, 0.5) is 5.69 Å². The Kier molecular flexibility index (Phi) is 4.30. The van der Waals surface area contributed by atoms with Crippen LogP contribution >= 0.6 is 11.6 Å². The molecule has 5 heteroatoms. The van der Waals surface area contributed by atoms with Gasteiger partial charge in [-0.05, 0) is 24.3 Å². The highest BCUT2D eigenvalue weighted by Crippen LogP contribution is 2.29. The van der Waals surface area contributed by atoms with Gasteiger partial charge >= 0.3 is 0 Å². The molecule has 3 atom stereocenters. The summed E-state index contributed by atoms with van der Waals surface area (Å²) in [5, 5.41) is 3.26. The highest BCUT2D eigenvalue weighted by atomic mass is 35.5. The third-order valence-corrected chi connectivity index (χ3v) is 4.43. The number of anilines is 1. The Hall–Kier alpha value is -1.29. The van der Waals surface area contributed by atoms with Gasteiger partial charge in [0, 0.05) is 6.04 Å². The molecule has 1 amide bonds.